The molecule has 5 nitrogen and oxygen atoms in total. The van der Waals surface area contributed by atoms with Crippen molar-refractivity contribution in [2.75, 3.05) is 12.4 Å². The standard InChI is InChI=1S/C14H15N3O2S/c1-9-4-10(2)16-14(5-9)20-13-7-11(15-3)6-12(8-13)17(18)19/h4-8,15H,1-3H3. The van der Waals surface area contributed by atoms with Crippen molar-refractivity contribution in [3.8, 4) is 0 Å². The lowest BCUT2D eigenvalue weighted by atomic mass is 10.2. The number of aryl methyl sites for hydroxylation is 2. The molecular formula is C14H15N3O2S. The van der Waals surface area contributed by atoms with Gasteiger partial charge in [0.25, 0.3) is 5.69 Å². The number of anilines is 1. The van der Waals surface area contributed by atoms with Gasteiger partial charge in [0.1, 0.15) is 5.03 Å². The number of pyridine rings is 1. The Labute approximate surface area is 121 Å². The SMILES string of the molecule is CNc1cc(Sc2cc(C)cc(C)n2)cc([N+](=O)[O-])c1. The molecule has 20 heavy (non-hydrogen) atoms. The summed E-state index contributed by atoms with van der Waals surface area (Å²) >= 11 is 1.42. The second kappa shape index (κ2) is 5.92. The third-order valence-corrected chi connectivity index (χ3v) is 3.58. The second-order valence-electron chi connectivity index (χ2n) is 4.45. The van der Waals surface area contributed by atoms with Gasteiger partial charge < -0.3 is 5.32 Å². The monoisotopic (exact) mass is 289 g/mol. The normalized spacial score (nSPS) is 10.3. The van der Waals surface area contributed by atoms with E-state index in [2.05, 4.69) is 10.3 Å². The van der Waals surface area contributed by atoms with Crippen LogP contribution in [-0.4, -0.2) is 17.0 Å². The summed E-state index contributed by atoms with van der Waals surface area (Å²) in [5.74, 6) is 0. The second-order valence-corrected chi connectivity index (χ2v) is 5.54. The van der Waals surface area contributed by atoms with E-state index >= 15 is 0 Å². The van der Waals surface area contributed by atoms with Crippen LogP contribution in [0.25, 0.3) is 0 Å². The third kappa shape index (κ3) is 3.48. The summed E-state index contributed by atoms with van der Waals surface area (Å²) in [4.78, 5) is 15.8. The highest BCUT2D eigenvalue weighted by Crippen LogP contribution is 2.32. The molecule has 0 amide bonds. The lowest BCUT2D eigenvalue weighted by molar-refractivity contribution is -0.385. The van der Waals surface area contributed by atoms with Gasteiger partial charge in [0.05, 0.1) is 4.92 Å². The number of nitrogens with zero attached hydrogens (tertiary/aromatic N) is 2. The van der Waals surface area contributed by atoms with Crippen molar-refractivity contribution in [3.63, 3.8) is 0 Å². The minimum Gasteiger partial charge on any atom is -0.388 e. The Bertz CT molecular complexity index is 639. The van der Waals surface area contributed by atoms with E-state index in [1.165, 1.54) is 17.8 Å². The van der Waals surface area contributed by atoms with Crippen molar-refractivity contribution in [1.82, 2.24) is 4.98 Å². The molecule has 2 aromatic rings. The fourth-order valence-corrected chi connectivity index (χ4v) is 2.91. The van der Waals surface area contributed by atoms with Gasteiger partial charge in [-0.05, 0) is 37.6 Å². The van der Waals surface area contributed by atoms with Crippen LogP contribution in [0.4, 0.5) is 11.4 Å². The van der Waals surface area contributed by atoms with E-state index in [1.54, 1.807) is 13.1 Å². The molecule has 0 unspecified atom stereocenters. The average molecular weight is 289 g/mol. The molecule has 1 aromatic heterocycles. The van der Waals surface area contributed by atoms with Crippen molar-refractivity contribution in [1.29, 1.82) is 0 Å². The maximum Gasteiger partial charge on any atom is 0.272 e. The summed E-state index contributed by atoms with van der Waals surface area (Å²) in [6.07, 6.45) is 0. The van der Waals surface area contributed by atoms with E-state index in [4.69, 9.17) is 0 Å². The summed E-state index contributed by atoms with van der Waals surface area (Å²) in [5.41, 5.74) is 2.85. The summed E-state index contributed by atoms with van der Waals surface area (Å²) in [6, 6.07) is 8.91. The van der Waals surface area contributed by atoms with Gasteiger partial charge in [0, 0.05) is 35.5 Å². The molecule has 1 heterocycles. The molecule has 0 atom stereocenters. The minimum atomic E-state index is -0.389. The smallest absolute Gasteiger partial charge is 0.272 e. The lowest BCUT2D eigenvalue weighted by Crippen LogP contribution is -1.93. The fourth-order valence-electron chi connectivity index (χ4n) is 1.87. The highest BCUT2D eigenvalue weighted by Gasteiger charge is 2.11. The Morgan fingerprint density at radius 3 is 2.55 bits per heavy atom. The van der Waals surface area contributed by atoms with Crippen LogP contribution in [0.2, 0.25) is 0 Å². The molecule has 0 saturated heterocycles. The van der Waals surface area contributed by atoms with E-state index in [0.29, 0.717) is 5.69 Å². The van der Waals surface area contributed by atoms with Crippen molar-refractivity contribution in [2.24, 2.45) is 0 Å². The molecule has 0 aliphatic carbocycles. The topological polar surface area (TPSA) is 68.1 Å². The van der Waals surface area contributed by atoms with Crippen LogP contribution in [0.1, 0.15) is 11.3 Å². The fraction of sp³-hybridized carbons (Fsp3) is 0.214. The molecular weight excluding hydrogens is 274 g/mol. The maximum absolute atomic E-state index is 10.9. The van der Waals surface area contributed by atoms with Crippen LogP contribution in [0, 0.1) is 24.0 Å². The number of nitro benzene ring substituents is 1. The molecule has 1 N–H and O–H groups in total. The number of aromatic nitrogens is 1. The zero-order valence-corrected chi connectivity index (χ0v) is 12.3. The van der Waals surface area contributed by atoms with Gasteiger partial charge in [-0.3, -0.25) is 10.1 Å². The first kappa shape index (κ1) is 14.3. The van der Waals surface area contributed by atoms with Crippen LogP contribution >= 0.6 is 11.8 Å². The van der Waals surface area contributed by atoms with Crippen molar-refractivity contribution >= 4 is 23.1 Å². The first-order chi connectivity index (χ1) is 9.47. The number of nitro groups is 1. The van der Waals surface area contributed by atoms with E-state index in [0.717, 1.165) is 21.2 Å². The Morgan fingerprint density at radius 2 is 1.95 bits per heavy atom. The van der Waals surface area contributed by atoms with E-state index in [9.17, 15) is 10.1 Å². The van der Waals surface area contributed by atoms with Gasteiger partial charge >= 0.3 is 0 Å². The van der Waals surface area contributed by atoms with Gasteiger partial charge in [0.2, 0.25) is 0 Å². The number of benzene rings is 1. The molecule has 0 aliphatic rings. The van der Waals surface area contributed by atoms with Gasteiger partial charge in [-0.15, -0.1) is 0 Å². The van der Waals surface area contributed by atoms with Crippen LogP contribution in [0.3, 0.4) is 0 Å². The van der Waals surface area contributed by atoms with Gasteiger partial charge in [-0.1, -0.05) is 11.8 Å². The zero-order chi connectivity index (χ0) is 14.7. The van der Waals surface area contributed by atoms with Gasteiger partial charge in [-0.2, -0.15) is 0 Å². The van der Waals surface area contributed by atoms with Crippen LogP contribution in [-0.2, 0) is 0 Å². The number of hydrogen-bond acceptors (Lipinski definition) is 5. The Morgan fingerprint density at radius 1 is 1.20 bits per heavy atom. The summed E-state index contributed by atoms with van der Waals surface area (Å²) in [7, 11) is 1.74. The van der Waals surface area contributed by atoms with Crippen LogP contribution < -0.4 is 5.32 Å². The van der Waals surface area contributed by atoms with Gasteiger partial charge in [-0.25, -0.2) is 4.98 Å². The quantitative estimate of drug-likeness (QED) is 0.685. The number of rotatable bonds is 4. The van der Waals surface area contributed by atoms with E-state index < -0.39 is 0 Å². The van der Waals surface area contributed by atoms with Crippen LogP contribution in [0.15, 0.2) is 40.3 Å². The third-order valence-electron chi connectivity index (χ3n) is 2.69. The molecule has 0 fully saturated rings. The zero-order valence-electron chi connectivity index (χ0n) is 11.5. The van der Waals surface area contributed by atoms with Crippen LogP contribution in [0.5, 0.6) is 0 Å². The van der Waals surface area contributed by atoms with Crippen molar-refractivity contribution < 1.29 is 4.92 Å². The predicted octanol–water partition coefficient (Wildman–Crippen LogP) is 3.80. The largest absolute Gasteiger partial charge is 0.388 e. The maximum atomic E-state index is 10.9. The number of nitrogens with one attached hydrogen (secondary N) is 1. The minimum absolute atomic E-state index is 0.0729. The first-order valence-corrected chi connectivity index (χ1v) is 6.90. The van der Waals surface area contributed by atoms with E-state index in [1.807, 2.05) is 32.0 Å². The number of non-ortho nitro benzene ring substituents is 1. The molecule has 1 aromatic carbocycles. The molecule has 0 saturated carbocycles. The Kier molecular flexibility index (Phi) is 4.24. The molecule has 2 rings (SSSR count). The predicted molar refractivity (Wildman–Crippen MR) is 80.5 cm³/mol. The summed E-state index contributed by atoms with van der Waals surface area (Å²) in [6.45, 7) is 3.94. The highest BCUT2D eigenvalue weighted by atomic mass is 32.2. The van der Waals surface area contributed by atoms with E-state index in [-0.39, 0.29) is 10.6 Å². The Hall–Kier alpha value is -2.08. The summed E-state index contributed by atoms with van der Waals surface area (Å²) in [5, 5.41) is 14.7. The molecule has 0 radical (unpaired) electrons. The number of hydrogen-bond donors (Lipinski definition) is 1. The first-order valence-electron chi connectivity index (χ1n) is 6.08. The molecule has 6 heteroatoms. The Balaban J connectivity index is 2.37. The lowest BCUT2D eigenvalue weighted by Gasteiger charge is -2.06. The molecule has 104 valence electrons. The average Bonchev–Trinajstić information content (AvgIpc) is 2.36. The molecule has 0 bridgehead atoms. The summed E-state index contributed by atoms with van der Waals surface area (Å²) < 4.78 is 0. The molecule has 0 spiro atoms. The molecule has 0 aliphatic heterocycles. The van der Waals surface area contributed by atoms with Gasteiger partial charge in [0.15, 0.2) is 0 Å². The highest BCUT2D eigenvalue weighted by molar-refractivity contribution is 7.99. The van der Waals surface area contributed by atoms with Crippen molar-refractivity contribution in [2.45, 2.75) is 23.8 Å². The van der Waals surface area contributed by atoms with Crippen molar-refractivity contribution in [3.05, 3.63) is 51.7 Å².